The van der Waals surface area contributed by atoms with Crippen molar-refractivity contribution in [3.05, 3.63) is 57.8 Å². The van der Waals surface area contributed by atoms with E-state index in [4.69, 9.17) is 4.74 Å². The van der Waals surface area contributed by atoms with Gasteiger partial charge in [-0.2, -0.15) is 0 Å². The lowest BCUT2D eigenvalue weighted by Gasteiger charge is -2.17. The lowest BCUT2D eigenvalue weighted by atomic mass is 10.1. The lowest BCUT2D eigenvalue weighted by Crippen LogP contribution is -2.40. The zero-order valence-corrected chi connectivity index (χ0v) is 15.1. The summed E-state index contributed by atoms with van der Waals surface area (Å²) < 4.78 is 5.23. The Bertz CT molecular complexity index is 681. The monoisotopic (exact) mass is 345 g/mol. The number of amides is 1. The summed E-state index contributed by atoms with van der Waals surface area (Å²) in [4.78, 5) is 25.7. The smallest absolute Gasteiger partial charge is 0.349 e. The average molecular weight is 345 g/mol. The van der Waals surface area contributed by atoms with Crippen molar-refractivity contribution in [3.8, 4) is 0 Å². The van der Waals surface area contributed by atoms with Crippen LogP contribution in [0.15, 0.2) is 42.5 Å². The van der Waals surface area contributed by atoms with Gasteiger partial charge in [-0.25, -0.2) is 4.79 Å². The minimum Gasteiger partial charge on any atom is -0.448 e. The van der Waals surface area contributed by atoms with E-state index >= 15 is 0 Å². The number of hydrogen-bond donors (Lipinski definition) is 1. The Labute approximate surface area is 146 Å². The molecule has 0 saturated heterocycles. The van der Waals surface area contributed by atoms with Gasteiger partial charge in [-0.05, 0) is 51.3 Å². The molecule has 1 N–H and O–H groups in total. The van der Waals surface area contributed by atoms with Gasteiger partial charge in [0.15, 0.2) is 6.10 Å². The second-order valence-corrected chi connectivity index (χ2v) is 7.18. The summed E-state index contributed by atoms with van der Waals surface area (Å²) >= 11 is 1.36. The minimum atomic E-state index is -0.806. The van der Waals surface area contributed by atoms with Crippen LogP contribution >= 0.6 is 11.3 Å². The molecule has 1 amide bonds. The van der Waals surface area contributed by atoms with Crippen molar-refractivity contribution in [2.75, 3.05) is 0 Å². The normalized spacial score (nSPS) is 13.1. The van der Waals surface area contributed by atoms with E-state index in [0.29, 0.717) is 4.88 Å². The quantitative estimate of drug-likeness (QED) is 0.778. The van der Waals surface area contributed by atoms with Gasteiger partial charge in [0.05, 0.1) is 0 Å². The molecule has 2 aromatic rings. The predicted octanol–water partition coefficient (Wildman–Crippen LogP) is 3.74. The molecule has 2 rings (SSSR count). The van der Waals surface area contributed by atoms with Gasteiger partial charge < -0.3 is 10.1 Å². The van der Waals surface area contributed by atoms with E-state index in [1.807, 2.05) is 38.1 Å². The maximum Gasteiger partial charge on any atom is 0.349 e. The number of benzene rings is 1. The molecule has 0 fully saturated rings. The molecule has 128 valence electrons. The number of aryl methyl sites for hydroxylation is 2. The highest BCUT2D eigenvalue weighted by molar-refractivity contribution is 7.13. The first kappa shape index (κ1) is 18.2. The highest BCUT2D eigenvalue weighted by atomic mass is 32.1. The van der Waals surface area contributed by atoms with Crippen LogP contribution in [0.5, 0.6) is 0 Å². The SMILES string of the molecule is Cc1ccc(C(=O)O[C@H](C)C(=O)N[C@H](C)CCc2ccccc2)s1. The summed E-state index contributed by atoms with van der Waals surface area (Å²) in [5.41, 5.74) is 1.24. The predicted molar refractivity (Wildman–Crippen MR) is 96.3 cm³/mol. The van der Waals surface area contributed by atoms with Gasteiger partial charge in [0.2, 0.25) is 0 Å². The fourth-order valence-corrected chi connectivity index (χ4v) is 3.03. The average Bonchev–Trinajstić information content (AvgIpc) is 3.00. The van der Waals surface area contributed by atoms with Gasteiger partial charge in [0, 0.05) is 10.9 Å². The number of carbonyl (C=O) groups excluding carboxylic acids is 2. The van der Waals surface area contributed by atoms with Crippen LogP contribution in [0.2, 0.25) is 0 Å². The molecule has 0 aliphatic carbocycles. The summed E-state index contributed by atoms with van der Waals surface area (Å²) in [5.74, 6) is -0.718. The first-order valence-corrected chi connectivity index (χ1v) is 8.89. The first-order chi connectivity index (χ1) is 11.5. The van der Waals surface area contributed by atoms with E-state index in [0.717, 1.165) is 17.7 Å². The van der Waals surface area contributed by atoms with E-state index < -0.39 is 12.1 Å². The van der Waals surface area contributed by atoms with E-state index in [1.54, 1.807) is 13.0 Å². The molecular formula is C19H23NO3S. The van der Waals surface area contributed by atoms with Crippen molar-refractivity contribution < 1.29 is 14.3 Å². The highest BCUT2D eigenvalue weighted by Crippen LogP contribution is 2.16. The number of rotatable bonds is 7. The van der Waals surface area contributed by atoms with E-state index in [2.05, 4.69) is 17.4 Å². The summed E-state index contributed by atoms with van der Waals surface area (Å²) in [5, 5.41) is 2.90. The van der Waals surface area contributed by atoms with Gasteiger partial charge >= 0.3 is 5.97 Å². The summed E-state index contributed by atoms with van der Waals surface area (Å²) in [7, 11) is 0. The number of nitrogens with one attached hydrogen (secondary N) is 1. The molecule has 4 nitrogen and oxygen atoms in total. The Morgan fingerprint density at radius 3 is 2.46 bits per heavy atom. The van der Waals surface area contributed by atoms with E-state index in [9.17, 15) is 9.59 Å². The summed E-state index contributed by atoms with van der Waals surface area (Å²) in [6.07, 6.45) is 0.921. The molecule has 1 aromatic heterocycles. The third-order valence-electron chi connectivity index (χ3n) is 3.69. The van der Waals surface area contributed by atoms with Crippen molar-refractivity contribution in [2.24, 2.45) is 0 Å². The van der Waals surface area contributed by atoms with E-state index in [-0.39, 0.29) is 11.9 Å². The van der Waals surface area contributed by atoms with Crippen LogP contribution in [0.3, 0.4) is 0 Å². The van der Waals surface area contributed by atoms with Gasteiger partial charge in [-0.1, -0.05) is 30.3 Å². The number of esters is 1. The van der Waals surface area contributed by atoms with Gasteiger partial charge in [0.25, 0.3) is 5.91 Å². The van der Waals surface area contributed by atoms with Crippen molar-refractivity contribution in [3.63, 3.8) is 0 Å². The maximum atomic E-state index is 12.2. The molecule has 0 spiro atoms. The van der Waals surface area contributed by atoms with Gasteiger partial charge in [-0.15, -0.1) is 11.3 Å². The highest BCUT2D eigenvalue weighted by Gasteiger charge is 2.21. The minimum absolute atomic E-state index is 0.0165. The first-order valence-electron chi connectivity index (χ1n) is 8.07. The Morgan fingerprint density at radius 1 is 1.12 bits per heavy atom. The van der Waals surface area contributed by atoms with Crippen LogP contribution in [-0.2, 0) is 16.0 Å². The third-order valence-corrected chi connectivity index (χ3v) is 4.67. The van der Waals surface area contributed by atoms with E-state index in [1.165, 1.54) is 16.9 Å². The Kier molecular flexibility index (Phi) is 6.55. The van der Waals surface area contributed by atoms with Crippen LogP contribution in [-0.4, -0.2) is 24.0 Å². The Morgan fingerprint density at radius 2 is 1.83 bits per heavy atom. The molecule has 1 aromatic carbocycles. The number of ether oxygens (including phenoxy) is 1. The van der Waals surface area contributed by atoms with Crippen LogP contribution < -0.4 is 5.32 Å². The number of thiophene rings is 1. The molecule has 24 heavy (non-hydrogen) atoms. The Balaban J connectivity index is 1.77. The van der Waals surface area contributed by atoms with Crippen LogP contribution in [0.1, 0.15) is 40.4 Å². The molecule has 5 heteroatoms. The fourth-order valence-electron chi connectivity index (χ4n) is 2.28. The zero-order valence-electron chi connectivity index (χ0n) is 14.2. The summed E-state index contributed by atoms with van der Waals surface area (Å²) in [6, 6.07) is 13.7. The van der Waals surface area contributed by atoms with Crippen molar-refractivity contribution in [2.45, 2.75) is 45.8 Å². The van der Waals surface area contributed by atoms with Crippen LogP contribution in [0.4, 0.5) is 0 Å². The van der Waals surface area contributed by atoms with Gasteiger partial charge in [0.1, 0.15) is 4.88 Å². The third kappa shape index (κ3) is 5.49. The largest absolute Gasteiger partial charge is 0.448 e. The standard InChI is InChI=1S/C19H23NO3S/c1-13(9-11-16-7-5-4-6-8-16)20-18(21)15(3)23-19(22)17-12-10-14(2)24-17/h4-8,10,12-13,15H,9,11H2,1-3H3,(H,20,21)/t13-,15-/m1/s1. The summed E-state index contributed by atoms with van der Waals surface area (Å²) in [6.45, 7) is 5.47. The molecule has 0 saturated carbocycles. The molecule has 0 unspecified atom stereocenters. The van der Waals surface area contributed by atoms with Crippen LogP contribution in [0.25, 0.3) is 0 Å². The second kappa shape index (κ2) is 8.64. The molecule has 0 radical (unpaired) electrons. The maximum absolute atomic E-state index is 12.2. The second-order valence-electron chi connectivity index (χ2n) is 5.89. The van der Waals surface area contributed by atoms with Gasteiger partial charge in [-0.3, -0.25) is 4.79 Å². The zero-order chi connectivity index (χ0) is 17.5. The molecule has 0 bridgehead atoms. The van der Waals surface area contributed by atoms with Crippen molar-refractivity contribution in [1.82, 2.24) is 5.32 Å². The van der Waals surface area contributed by atoms with Crippen molar-refractivity contribution in [1.29, 1.82) is 0 Å². The topological polar surface area (TPSA) is 55.4 Å². The lowest BCUT2D eigenvalue weighted by molar-refractivity contribution is -0.129. The Hall–Kier alpha value is -2.14. The van der Waals surface area contributed by atoms with Crippen LogP contribution in [0, 0.1) is 6.92 Å². The van der Waals surface area contributed by atoms with Crippen molar-refractivity contribution >= 4 is 23.2 Å². The molecule has 0 aliphatic heterocycles. The molecular weight excluding hydrogens is 322 g/mol. The molecule has 1 heterocycles. The fraction of sp³-hybridized carbons (Fsp3) is 0.368. The molecule has 2 atom stereocenters. The number of hydrogen-bond acceptors (Lipinski definition) is 4. The molecule has 0 aliphatic rings. The number of carbonyl (C=O) groups is 2.